The van der Waals surface area contributed by atoms with Gasteiger partial charge in [-0.1, -0.05) is 6.92 Å². The Labute approximate surface area is 106 Å². The topological polar surface area (TPSA) is 70.1 Å². The lowest BCUT2D eigenvalue weighted by atomic mass is 9.82. The van der Waals surface area contributed by atoms with Gasteiger partial charge in [0, 0.05) is 19.5 Å². The summed E-state index contributed by atoms with van der Waals surface area (Å²) in [7, 11) is 0. The van der Waals surface area contributed by atoms with Crippen molar-refractivity contribution in [2.75, 3.05) is 26.3 Å². The molecular formula is C12H20N2O4. The number of nitrogens with zero attached hydrogens (tertiary/aromatic N) is 2. The molecule has 0 saturated carbocycles. The van der Waals surface area contributed by atoms with Crippen LogP contribution in [0.2, 0.25) is 0 Å². The Bertz CT molecular complexity index is 341. The van der Waals surface area contributed by atoms with Gasteiger partial charge in [0.25, 0.3) is 0 Å². The average molecular weight is 256 g/mol. The van der Waals surface area contributed by atoms with Crippen LogP contribution in [0, 0.1) is 11.8 Å². The number of morpholine rings is 1. The molecule has 2 aliphatic heterocycles. The molecule has 2 saturated heterocycles. The highest BCUT2D eigenvalue weighted by atomic mass is 16.5. The lowest BCUT2D eigenvalue weighted by Gasteiger charge is -2.47. The lowest BCUT2D eigenvalue weighted by molar-refractivity contribution is -0.183. The van der Waals surface area contributed by atoms with Gasteiger partial charge >= 0.3 is 5.97 Å². The Hall–Kier alpha value is -1.14. The molecule has 0 spiro atoms. The second-order valence-electron chi connectivity index (χ2n) is 5.09. The maximum Gasteiger partial charge on any atom is 0.308 e. The molecule has 3 atom stereocenters. The maximum absolute atomic E-state index is 12.1. The van der Waals surface area contributed by atoms with E-state index in [9.17, 15) is 14.7 Å². The number of amides is 1. The third-order valence-electron chi connectivity index (χ3n) is 3.85. The van der Waals surface area contributed by atoms with Gasteiger partial charge in [0.2, 0.25) is 5.91 Å². The van der Waals surface area contributed by atoms with Crippen LogP contribution in [0.3, 0.4) is 0 Å². The summed E-state index contributed by atoms with van der Waals surface area (Å²) in [4.78, 5) is 23.5. The van der Waals surface area contributed by atoms with Crippen molar-refractivity contribution in [3.8, 4) is 0 Å². The zero-order chi connectivity index (χ0) is 13.3. The third-order valence-corrected chi connectivity index (χ3v) is 3.85. The summed E-state index contributed by atoms with van der Waals surface area (Å²) >= 11 is 0. The molecule has 0 aromatic heterocycles. The highest BCUT2D eigenvalue weighted by molar-refractivity contribution is 5.81. The van der Waals surface area contributed by atoms with Crippen LogP contribution >= 0.6 is 0 Å². The molecule has 0 aromatic carbocycles. The molecular weight excluding hydrogens is 236 g/mol. The zero-order valence-electron chi connectivity index (χ0n) is 10.8. The molecule has 2 aliphatic rings. The molecule has 0 aliphatic carbocycles. The van der Waals surface area contributed by atoms with Crippen LogP contribution in [0.25, 0.3) is 0 Å². The molecule has 6 nitrogen and oxygen atoms in total. The predicted octanol–water partition coefficient (Wildman–Crippen LogP) is 0.191. The minimum atomic E-state index is -0.819. The fourth-order valence-corrected chi connectivity index (χ4v) is 2.98. The summed E-state index contributed by atoms with van der Waals surface area (Å²) < 4.78 is 5.26. The number of hydrazine groups is 1. The Balaban J connectivity index is 2.17. The van der Waals surface area contributed by atoms with Crippen molar-refractivity contribution in [2.24, 2.45) is 11.8 Å². The highest BCUT2D eigenvalue weighted by Crippen LogP contribution is 2.31. The number of carboxylic acids is 1. The van der Waals surface area contributed by atoms with E-state index in [1.165, 1.54) is 0 Å². The van der Waals surface area contributed by atoms with E-state index in [4.69, 9.17) is 4.74 Å². The summed E-state index contributed by atoms with van der Waals surface area (Å²) in [6.45, 7) is 6.13. The van der Waals surface area contributed by atoms with Gasteiger partial charge in [0.1, 0.15) is 0 Å². The molecule has 0 aromatic rings. The SMILES string of the molecule is CC1CC(=O)N(N2CCOCC2)C(C)C1C(=O)O. The fraction of sp³-hybridized carbons (Fsp3) is 0.833. The van der Waals surface area contributed by atoms with Gasteiger partial charge in [-0.05, 0) is 12.8 Å². The van der Waals surface area contributed by atoms with Gasteiger partial charge in [-0.2, -0.15) is 0 Å². The molecule has 0 bridgehead atoms. The summed E-state index contributed by atoms with van der Waals surface area (Å²) in [5.41, 5.74) is 0. The molecule has 1 amide bonds. The van der Waals surface area contributed by atoms with Crippen LogP contribution < -0.4 is 0 Å². The number of piperidine rings is 1. The van der Waals surface area contributed by atoms with E-state index in [0.717, 1.165) is 0 Å². The van der Waals surface area contributed by atoms with Crippen LogP contribution in [0.15, 0.2) is 0 Å². The number of hydrogen-bond donors (Lipinski definition) is 1. The second kappa shape index (κ2) is 5.24. The first-order chi connectivity index (χ1) is 8.52. The molecule has 2 heterocycles. The molecule has 6 heteroatoms. The third kappa shape index (κ3) is 2.35. The maximum atomic E-state index is 12.1. The number of rotatable bonds is 2. The van der Waals surface area contributed by atoms with Gasteiger partial charge in [-0.3, -0.25) is 14.6 Å². The minimum absolute atomic E-state index is 0.0226. The normalized spacial score (nSPS) is 34.7. The van der Waals surface area contributed by atoms with Crippen LogP contribution in [0.5, 0.6) is 0 Å². The Morgan fingerprint density at radius 3 is 2.50 bits per heavy atom. The van der Waals surface area contributed by atoms with Crippen LogP contribution in [-0.4, -0.2) is 59.3 Å². The number of carbonyl (C=O) groups excluding carboxylic acids is 1. The number of carbonyl (C=O) groups is 2. The monoisotopic (exact) mass is 256 g/mol. The van der Waals surface area contributed by atoms with E-state index in [1.54, 1.807) is 5.01 Å². The molecule has 18 heavy (non-hydrogen) atoms. The first-order valence-electron chi connectivity index (χ1n) is 6.40. The van der Waals surface area contributed by atoms with Gasteiger partial charge in [-0.15, -0.1) is 0 Å². The fourth-order valence-electron chi connectivity index (χ4n) is 2.98. The number of carboxylic acid groups (broad SMARTS) is 1. The first-order valence-corrected chi connectivity index (χ1v) is 6.40. The second-order valence-corrected chi connectivity index (χ2v) is 5.09. The Kier molecular flexibility index (Phi) is 3.87. The van der Waals surface area contributed by atoms with E-state index in [-0.39, 0.29) is 17.9 Å². The number of ether oxygens (including phenoxy) is 1. The Morgan fingerprint density at radius 2 is 1.94 bits per heavy atom. The number of hydrogen-bond acceptors (Lipinski definition) is 4. The average Bonchev–Trinajstić information content (AvgIpc) is 2.28. The summed E-state index contributed by atoms with van der Waals surface area (Å²) in [5, 5.41) is 12.9. The number of aliphatic carboxylic acids is 1. The van der Waals surface area contributed by atoms with E-state index in [2.05, 4.69) is 0 Å². The zero-order valence-corrected chi connectivity index (χ0v) is 10.8. The van der Waals surface area contributed by atoms with E-state index in [0.29, 0.717) is 32.7 Å². The van der Waals surface area contributed by atoms with Crippen LogP contribution in [0.1, 0.15) is 20.3 Å². The summed E-state index contributed by atoms with van der Waals surface area (Å²) in [5.74, 6) is -1.40. The molecule has 2 rings (SSSR count). The first kappa shape index (κ1) is 13.3. The van der Waals surface area contributed by atoms with Gasteiger partial charge in [0.15, 0.2) is 0 Å². The van der Waals surface area contributed by atoms with Crippen molar-refractivity contribution in [2.45, 2.75) is 26.3 Å². The van der Waals surface area contributed by atoms with Crippen molar-refractivity contribution in [3.05, 3.63) is 0 Å². The quantitative estimate of drug-likeness (QED) is 0.764. The largest absolute Gasteiger partial charge is 0.481 e. The Morgan fingerprint density at radius 1 is 1.33 bits per heavy atom. The molecule has 0 radical (unpaired) electrons. The van der Waals surface area contributed by atoms with Crippen molar-refractivity contribution in [3.63, 3.8) is 0 Å². The van der Waals surface area contributed by atoms with E-state index < -0.39 is 11.9 Å². The molecule has 2 fully saturated rings. The van der Waals surface area contributed by atoms with Crippen molar-refractivity contribution >= 4 is 11.9 Å². The predicted molar refractivity (Wildman–Crippen MR) is 63.6 cm³/mol. The molecule has 3 unspecified atom stereocenters. The molecule has 102 valence electrons. The van der Waals surface area contributed by atoms with Gasteiger partial charge in [0.05, 0.1) is 25.2 Å². The van der Waals surface area contributed by atoms with Gasteiger partial charge in [-0.25, -0.2) is 5.01 Å². The van der Waals surface area contributed by atoms with Crippen molar-refractivity contribution in [1.82, 2.24) is 10.0 Å². The summed E-state index contributed by atoms with van der Waals surface area (Å²) in [6.07, 6.45) is 0.304. The van der Waals surface area contributed by atoms with E-state index in [1.807, 2.05) is 18.9 Å². The van der Waals surface area contributed by atoms with Gasteiger partial charge < -0.3 is 9.84 Å². The molecule has 1 N–H and O–H groups in total. The van der Waals surface area contributed by atoms with Crippen LogP contribution in [0.4, 0.5) is 0 Å². The van der Waals surface area contributed by atoms with E-state index >= 15 is 0 Å². The van der Waals surface area contributed by atoms with Crippen molar-refractivity contribution in [1.29, 1.82) is 0 Å². The standard InChI is InChI=1S/C12H20N2O4/c1-8-7-10(15)14(9(2)11(8)12(16)17)13-3-5-18-6-4-13/h8-9,11H,3-7H2,1-2H3,(H,16,17). The van der Waals surface area contributed by atoms with Crippen molar-refractivity contribution < 1.29 is 19.4 Å². The lowest BCUT2D eigenvalue weighted by Crippen LogP contribution is -2.61. The highest BCUT2D eigenvalue weighted by Gasteiger charge is 2.44. The van der Waals surface area contributed by atoms with Crippen LogP contribution in [-0.2, 0) is 14.3 Å². The minimum Gasteiger partial charge on any atom is -0.481 e. The summed E-state index contributed by atoms with van der Waals surface area (Å²) in [6, 6.07) is -0.295. The smallest absolute Gasteiger partial charge is 0.308 e.